The first-order valence-corrected chi connectivity index (χ1v) is 7.32. The molecular weight excluding hydrogens is 232 g/mol. The zero-order valence-electron chi connectivity index (χ0n) is 10.1. The summed E-state index contributed by atoms with van der Waals surface area (Å²) in [6, 6.07) is 0. The largest absolute Gasteiger partial charge is 0.451 e. The van der Waals surface area contributed by atoms with Gasteiger partial charge in [0.05, 0.1) is 0 Å². The van der Waals surface area contributed by atoms with Gasteiger partial charge in [-0.05, 0) is 31.1 Å². The predicted octanol–water partition coefficient (Wildman–Crippen LogP) is 3.30. The molecule has 2 aliphatic carbocycles. The summed E-state index contributed by atoms with van der Waals surface area (Å²) in [6.07, 6.45) is 13.6. The van der Waals surface area contributed by atoms with E-state index in [-0.39, 0.29) is 16.8 Å². The topological polar surface area (TPSA) is 26.3 Å². The molecule has 1 fully saturated rings. The lowest BCUT2D eigenvalue weighted by Gasteiger charge is -2.50. The zero-order chi connectivity index (χ0) is 11.9. The Kier molecular flexibility index (Phi) is 2.62. The van der Waals surface area contributed by atoms with Gasteiger partial charge in [0.15, 0.2) is 5.44 Å². The van der Waals surface area contributed by atoms with Gasteiger partial charge in [-0.25, -0.2) is 0 Å². The summed E-state index contributed by atoms with van der Waals surface area (Å²) in [4.78, 5) is 11.3. The fraction of sp³-hybridized carbons (Fsp3) is 0.643. The summed E-state index contributed by atoms with van der Waals surface area (Å²) < 4.78 is 5.59. The first-order valence-electron chi connectivity index (χ1n) is 6.27. The SMILES string of the molecule is CC(=O)OC1SCC23CC=CCC12CC=CC3. The van der Waals surface area contributed by atoms with Crippen molar-refractivity contribution in [2.75, 3.05) is 5.75 Å². The van der Waals surface area contributed by atoms with Crippen LogP contribution >= 0.6 is 11.8 Å². The van der Waals surface area contributed by atoms with Crippen LogP contribution < -0.4 is 0 Å². The third-order valence-corrected chi connectivity index (χ3v) is 6.18. The number of hydrogen-bond acceptors (Lipinski definition) is 3. The second-order valence-electron chi connectivity index (χ2n) is 5.45. The molecule has 0 saturated carbocycles. The molecular formula is C14H18O2S. The van der Waals surface area contributed by atoms with E-state index in [0.29, 0.717) is 5.41 Å². The Morgan fingerprint density at radius 2 is 1.76 bits per heavy atom. The van der Waals surface area contributed by atoms with Crippen LogP contribution in [0.1, 0.15) is 32.6 Å². The number of ether oxygens (including phenoxy) is 1. The molecule has 1 atom stereocenters. The van der Waals surface area contributed by atoms with Crippen molar-refractivity contribution in [3.05, 3.63) is 24.3 Å². The van der Waals surface area contributed by atoms with Crippen LogP contribution in [0, 0.1) is 10.8 Å². The van der Waals surface area contributed by atoms with Crippen molar-refractivity contribution < 1.29 is 9.53 Å². The minimum absolute atomic E-state index is 0.0508. The van der Waals surface area contributed by atoms with Gasteiger partial charge in [0.25, 0.3) is 0 Å². The quantitative estimate of drug-likeness (QED) is 0.527. The minimum atomic E-state index is -0.142. The van der Waals surface area contributed by atoms with Gasteiger partial charge in [-0.3, -0.25) is 4.79 Å². The van der Waals surface area contributed by atoms with Crippen LogP contribution in [0.4, 0.5) is 0 Å². The van der Waals surface area contributed by atoms with Crippen molar-refractivity contribution in [1.29, 1.82) is 0 Å². The molecule has 1 heterocycles. The number of thioether (sulfide) groups is 1. The number of carbonyl (C=O) groups excluding carboxylic acids is 1. The highest BCUT2D eigenvalue weighted by atomic mass is 32.2. The molecule has 0 N–H and O–H groups in total. The summed E-state index contributed by atoms with van der Waals surface area (Å²) >= 11 is 1.84. The average molecular weight is 250 g/mol. The normalized spacial score (nSPS) is 43.0. The smallest absolute Gasteiger partial charge is 0.303 e. The Hall–Kier alpha value is -0.700. The molecule has 1 saturated heterocycles. The van der Waals surface area contributed by atoms with Crippen molar-refractivity contribution in [2.24, 2.45) is 10.8 Å². The van der Waals surface area contributed by atoms with Gasteiger partial charge in [-0.2, -0.15) is 0 Å². The molecule has 0 radical (unpaired) electrons. The van der Waals surface area contributed by atoms with E-state index in [1.807, 2.05) is 11.8 Å². The molecule has 0 spiro atoms. The lowest BCUT2D eigenvalue weighted by Crippen LogP contribution is -2.47. The summed E-state index contributed by atoms with van der Waals surface area (Å²) in [5.74, 6) is 0.983. The van der Waals surface area contributed by atoms with E-state index in [2.05, 4.69) is 24.3 Å². The zero-order valence-corrected chi connectivity index (χ0v) is 11.0. The molecule has 2 nitrogen and oxygen atoms in total. The molecule has 3 heteroatoms. The fourth-order valence-electron chi connectivity index (χ4n) is 3.61. The first kappa shape index (κ1) is 11.4. The molecule has 1 unspecified atom stereocenters. The van der Waals surface area contributed by atoms with E-state index >= 15 is 0 Å². The molecule has 92 valence electrons. The van der Waals surface area contributed by atoms with Gasteiger partial charge in [0.2, 0.25) is 0 Å². The third-order valence-electron chi connectivity index (χ3n) is 4.61. The van der Waals surface area contributed by atoms with Crippen molar-refractivity contribution in [2.45, 2.75) is 38.0 Å². The number of allylic oxidation sites excluding steroid dienone is 4. The standard InChI is InChI=1S/C14H18O2S/c1-11(15)16-12-14-8-4-2-6-13(14,10-17-12)7-3-5-9-14/h2-5,12H,6-10H2,1H3. The predicted molar refractivity (Wildman–Crippen MR) is 69.6 cm³/mol. The van der Waals surface area contributed by atoms with Crippen LogP contribution in [0.2, 0.25) is 0 Å². The fourth-order valence-corrected chi connectivity index (χ4v) is 5.57. The van der Waals surface area contributed by atoms with Crippen LogP contribution in [0.5, 0.6) is 0 Å². The van der Waals surface area contributed by atoms with Gasteiger partial charge >= 0.3 is 5.97 Å². The molecule has 0 bridgehead atoms. The highest BCUT2D eigenvalue weighted by Crippen LogP contribution is 2.66. The Bertz CT molecular complexity index is 379. The molecule has 3 aliphatic rings. The van der Waals surface area contributed by atoms with E-state index in [4.69, 9.17) is 4.74 Å². The monoisotopic (exact) mass is 250 g/mol. The highest BCUT2D eigenvalue weighted by Gasteiger charge is 2.61. The summed E-state index contributed by atoms with van der Waals surface area (Å²) in [5, 5.41) is 0. The average Bonchev–Trinajstić information content (AvgIpc) is 2.65. The molecule has 3 rings (SSSR count). The maximum absolute atomic E-state index is 11.3. The van der Waals surface area contributed by atoms with E-state index in [0.717, 1.165) is 31.4 Å². The van der Waals surface area contributed by atoms with Crippen LogP contribution in [-0.2, 0) is 9.53 Å². The van der Waals surface area contributed by atoms with Crippen molar-refractivity contribution in [3.8, 4) is 0 Å². The highest BCUT2D eigenvalue weighted by molar-refractivity contribution is 8.00. The second kappa shape index (κ2) is 3.91. The molecule has 1 aliphatic heterocycles. The van der Waals surface area contributed by atoms with Crippen molar-refractivity contribution >= 4 is 17.7 Å². The molecule has 0 aromatic rings. The summed E-state index contributed by atoms with van der Waals surface area (Å²) in [5.41, 5.74) is 0.545. The maximum atomic E-state index is 11.3. The Balaban J connectivity index is 1.98. The number of carbonyl (C=O) groups is 1. The van der Waals surface area contributed by atoms with Crippen LogP contribution in [0.3, 0.4) is 0 Å². The number of rotatable bonds is 1. The Morgan fingerprint density at radius 3 is 2.35 bits per heavy atom. The Labute approximate surface area is 106 Å². The number of esters is 1. The first-order chi connectivity index (χ1) is 8.19. The van der Waals surface area contributed by atoms with E-state index < -0.39 is 0 Å². The summed E-state index contributed by atoms with van der Waals surface area (Å²) in [6.45, 7) is 1.52. The summed E-state index contributed by atoms with van der Waals surface area (Å²) in [7, 11) is 0. The lowest BCUT2D eigenvalue weighted by atomic mass is 9.54. The van der Waals surface area contributed by atoms with E-state index in [1.165, 1.54) is 6.92 Å². The van der Waals surface area contributed by atoms with Gasteiger partial charge < -0.3 is 4.74 Å². The number of hydrogen-bond donors (Lipinski definition) is 0. The molecule has 17 heavy (non-hydrogen) atoms. The molecule has 0 amide bonds. The van der Waals surface area contributed by atoms with Crippen LogP contribution in [0.25, 0.3) is 0 Å². The van der Waals surface area contributed by atoms with Gasteiger partial charge in [-0.15, -0.1) is 11.8 Å². The van der Waals surface area contributed by atoms with Gasteiger partial charge in [0.1, 0.15) is 0 Å². The minimum Gasteiger partial charge on any atom is -0.451 e. The lowest BCUT2D eigenvalue weighted by molar-refractivity contribution is -0.150. The van der Waals surface area contributed by atoms with Crippen LogP contribution in [-0.4, -0.2) is 17.2 Å². The van der Waals surface area contributed by atoms with E-state index in [9.17, 15) is 4.79 Å². The second-order valence-corrected chi connectivity index (χ2v) is 6.50. The third kappa shape index (κ3) is 1.51. The van der Waals surface area contributed by atoms with E-state index in [1.54, 1.807) is 0 Å². The Morgan fingerprint density at radius 1 is 1.18 bits per heavy atom. The van der Waals surface area contributed by atoms with Crippen molar-refractivity contribution in [3.63, 3.8) is 0 Å². The van der Waals surface area contributed by atoms with Crippen LogP contribution in [0.15, 0.2) is 24.3 Å². The molecule has 0 aromatic heterocycles. The maximum Gasteiger partial charge on any atom is 0.303 e. The van der Waals surface area contributed by atoms with Gasteiger partial charge in [-0.1, -0.05) is 24.3 Å². The van der Waals surface area contributed by atoms with Gasteiger partial charge in [0, 0.05) is 18.1 Å². The van der Waals surface area contributed by atoms with Crippen molar-refractivity contribution in [1.82, 2.24) is 0 Å². The molecule has 0 aromatic carbocycles.